The summed E-state index contributed by atoms with van der Waals surface area (Å²) in [6, 6.07) is 5.37. The molecule has 0 amide bonds. The number of rotatable bonds is 4. The first-order chi connectivity index (χ1) is 11.0. The molecule has 6 nitrogen and oxygen atoms in total. The van der Waals surface area contributed by atoms with Gasteiger partial charge in [-0.25, -0.2) is 0 Å². The fraction of sp³-hybridized carbons (Fsp3) is 0.647. The molecule has 126 valence electrons. The summed E-state index contributed by atoms with van der Waals surface area (Å²) in [7, 11) is 0. The van der Waals surface area contributed by atoms with Crippen molar-refractivity contribution in [1.82, 2.24) is 0 Å². The number of nitro groups is 1. The first-order valence-corrected chi connectivity index (χ1v) is 8.27. The zero-order valence-corrected chi connectivity index (χ0v) is 13.7. The van der Waals surface area contributed by atoms with Crippen LogP contribution < -0.4 is 4.90 Å². The summed E-state index contributed by atoms with van der Waals surface area (Å²) >= 11 is 0. The highest BCUT2D eigenvalue weighted by molar-refractivity contribution is 5.64. The number of benzene rings is 1. The van der Waals surface area contributed by atoms with E-state index in [-0.39, 0.29) is 28.2 Å². The molecule has 1 spiro atoms. The number of aryl methyl sites for hydroxylation is 1. The Morgan fingerprint density at radius 2 is 2.13 bits per heavy atom. The lowest BCUT2D eigenvalue weighted by molar-refractivity contribution is -0.384. The Labute approximate surface area is 136 Å². The lowest BCUT2D eigenvalue weighted by atomic mass is 9.58. The van der Waals surface area contributed by atoms with Crippen LogP contribution in [-0.2, 0) is 4.74 Å². The minimum absolute atomic E-state index is 0.123. The summed E-state index contributed by atoms with van der Waals surface area (Å²) in [5.74, 6) is 0. The molecule has 1 aromatic carbocycles. The lowest BCUT2D eigenvalue weighted by Crippen LogP contribution is -2.62. The number of ether oxygens (including phenoxy) is 1. The molecular formula is C17H24N2O4. The van der Waals surface area contributed by atoms with Crippen LogP contribution in [-0.4, -0.2) is 41.9 Å². The summed E-state index contributed by atoms with van der Waals surface area (Å²) in [4.78, 5) is 13.1. The van der Waals surface area contributed by atoms with Crippen LogP contribution in [0.2, 0.25) is 0 Å². The van der Waals surface area contributed by atoms with E-state index in [0.29, 0.717) is 31.8 Å². The van der Waals surface area contributed by atoms with Gasteiger partial charge in [0.15, 0.2) is 0 Å². The minimum Gasteiger partial charge on any atom is -0.392 e. The van der Waals surface area contributed by atoms with Crippen molar-refractivity contribution >= 4 is 11.4 Å². The van der Waals surface area contributed by atoms with Crippen LogP contribution in [0.1, 0.15) is 31.7 Å². The summed E-state index contributed by atoms with van der Waals surface area (Å²) in [6.45, 7) is 5.92. The van der Waals surface area contributed by atoms with Gasteiger partial charge in [0.25, 0.3) is 5.69 Å². The second-order valence-corrected chi connectivity index (χ2v) is 6.66. The Kier molecular flexibility index (Phi) is 4.29. The van der Waals surface area contributed by atoms with E-state index >= 15 is 0 Å². The molecule has 6 heteroatoms. The van der Waals surface area contributed by atoms with Gasteiger partial charge < -0.3 is 14.7 Å². The molecule has 0 aromatic heterocycles. The molecule has 23 heavy (non-hydrogen) atoms. The van der Waals surface area contributed by atoms with Crippen molar-refractivity contribution in [3.63, 3.8) is 0 Å². The number of nitro benzene ring substituents is 1. The van der Waals surface area contributed by atoms with Crippen molar-refractivity contribution in [3.05, 3.63) is 33.9 Å². The topological polar surface area (TPSA) is 75.8 Å². The molecule has 1 aliphatic carbocycles. The SMILES string of the molecule is CCO[C@@H]1C[C@H](O)C12CCN(c1ccc(C)cc1[N+](=O)[O-])CC2. The Morgan fingerprint density at radius 1 is 1.43 bits per heavy atom. The van der Waals surface area contributed by atoms with E-state index in [9.17, 15) is 15.2 Å². The molecule has 0 bridgehead atoms. The fourth-order valence-electron chi connectivity index (χ4n) is 4.03. The second-order valence-electron chi connectivity index (χ2n) is 6.66. The van der Waals surface area contributed by atoms with Crippen LogP contribution in [0.25, 0.3) is 0 Å². The zero-order chi connectivity index (χ0) is 16.6. The van der Waals surface area contributed by atoms with Gasteiger partial charge in [-0.3, -0.25) is 10.1 Å². The molecule has 1 saturated heterocycles. The number of hydrogen-bond donors (Lipinski definition) is 1. The molecule has 1 N–H and O–H groups in total. The van der Waals surface area contributed by atoms with Crippen LogP contribution in [0.15, 0.2) is 18.2 Å². The van der Waals surface area contributed by atoms with E-state index in [4.69, 9.17) is 4.74 Å². The zero-order valence-electron chi connectivity index (χ0n) is 13.7. The molecule has 1 saturated carbocycles. The highest BCUT2D eigenvalue weighted by Gasteiger charge is 2.56. The summed E-state index contributed by atoms with van der Waals surface area (Å²) in [5, 5.41) is 21.6. The van der Waals surface area contributed by atoms with Gasteiger partial charge in [0.05, 0.1) is 17.1 Å². The Bertz CT molecular complexity index is 594. The largest absolute Gasteiger partial charge is 0.392 e. The third-order valence-corrected chi connectivity index (χ3v) is 5.47. The second kappa shape index (κ2) is 6.09. The van der Waals surface area contributed by atoms with E-state index in [2.05, 4.69) is 4.90 Å². The maximum Gasteiger partial charge on any atom is 0.292 e. The summed E-state index contributed by atoms with van der Waals surface area (Å²) < 4.78 is 5.77. The fourth-order valence-corrected chi connectivity index (χ4v) is 4.03. The standard InChI is InChI=1S/C17H24N2O4/c1-3-23-16-11-15(20)17(16)6-8-18(9-7-17)13-5-4-12(2)10-14(13)19(21)22/h4-5,10,15-16,20H,3,6-9,11H2,1-2H3/t15-,16+/m0/s1. The van der Waals surface area contributed by atoms with Crippen molar-refractivity contribution in [1.29, 1.82) is 0 Å². The quantitative estimate of drug-likeness (QED) is 0.682. The Morgan fingerprint density at radius 3 is 2.70 bits per heavy atom. The number of hydrogen-bond acceptors (Lipinski definition) is 5. The third-order valence-electron chi connectivity index (χ3n) is 5.47. The predicted octanol–water partition coefficient (Wildman–Crippen LogP) is 2.66. The molecule has 3 rings (SSSR count). The highest BCUT2D eigenvalue weighted by Crippen LogP contribution is 2.51. The summed E-state index contributed by atoms with van der Waals surface area (Å²) in [5.41, 5.74) is 1.57. The van der Waals surface area contributed by atoms with E-state index in [1.807, 2.05) is 26.0 Å². The van der Waals surface area contributed by atoms with Gasteiger partial charge >= 0.3 is 0 Å². The maximum absolute atomic E-state index is 11.3. The van der Waals surface area contributed by atoms with Gasteiger partial charge in [-0.15, -0.1) is 0 Å². The number of nitrogens with zero attached hydrogens (tertiary/aromatic N) is 2. The Hall–Kier alpha value is -1.66. The molecule has 1 heterocycles. The molecule has 2 fully saturated rings. The van der Waals surface area contributed by atoms with Crippen molar-refractivity contribution in [2.45, 2.75) is 45.3 Å². The first-order valence-electron chi connectivity index (χ1n) is 8.27. The monoisotopic (exact) mass is 320 g/mol. The maximum atomic E-state index is 11.3. The lowest BCUT2D eigenvalue weighted by Gasteiger charge is -2.56. The molecular weight excluding hydrogens is 296 g/mol. The predicted molar refractivity (Wildman–Crippen MR) is 87.8 cm³/mol. The van der Waals surface area contributed by atoms with Crippen LogP contribution >= 0.6 is 0 Å². The van der Waals surface area contributed by atoms with Gasteiger partial charge in [-0.2, -0.15) is 0 Å². The molecule has 0 radical (unpaired) electrons. The number of aliphatic hydroxyl groups excluding tert-OH is 1. The summed E-state index contributed by atoms with van der Waals surface area (Å²) in [6.07, 6.45) is 2.14. The van der Waals surface area contributed by atoms with E-state index in [1.165, 1.54) is 0 Å². The number of piperidine rings is 1. The molecule has 1 aliphatic heterocycles. The van der Waals surface area contributed by atoms with Crippen LogP contribution in [0.5, 0.6) is 0 Å². The van der Waals surface area contributed by atoms with Crippen LogP contribution in [0, 0.1) is 22.5 Å². The molecule has 2 aliphatic rings. The number of aliphatic hydroxyl groups is 1. The highest BCUT2D eigenvalue weighted by atomic mass is 16.6. The van der Waals surface area contributed by atoms with Crippen molar-refractivity contribution in [2.24, 2.45) is 5.41 Å². The molecule has 1 aromatic rings. The average molecular weight is 320 g/mol. The first kappa shape index (κ1) is 16.2. The normalized spacial score (nSPS) is 26.1. The third kappa shape index (κ3) is 2.70. The Balaban J connectivity index is 1.76. The van der Waals surface area contributed by atoms with Gasteiger partial charge in [-0.05, 0) is 38.3 Å². The van der Waals surface area contributed by atoms with E-state index in [1.54, 1.807) is 6.07 Å². The van der Waals surface area contributed by atoms with Crippen molar-refractivity contribution in [2.75, 3.05) is 24.6 Å². The van der Waals surface area contributed by atoms with Gasteiger partial charge in [0, 0.05) is 37.6 Å². The van der Waals surface area contributed by atoms with Crippen molar-refractivity contribution in [3.8, 4) is 0 Å². The molecule has 2 atom stereocenters. The molecule has 0 unspecified atom stereocenters. The van der Waals surface area contributed by atoms with Crippen LogP contribution in [0.3, 0.4) is 0 Å². The average Bonchev–Trinajstić information content (AvgIpc) is 2.55. The van der Waals surface area contributed by atoms with Gasteiger partial charge in [0.1, 0.15) is 5.69 Å². The van der Waals surface area contributed by atoms with E-state index in [0.717, 1.165) is 18.4 Å². The van der Waals surface area contributed by atoms with Gasteiger partial charge in [-0.1, -0.05) is 6.07 Å². The van der Waals surface area contributed by atoms with Gasteiger partial charge in [0.2, 0.25) is 0 Å². The smallest absolute Gasteiger partial charge is 0.292 e. The van der Waals surface area contributed by atoms with E-state index < -0.39 is 0 Å². The van der Waals surface area contributed by atoms with Crippen molar-refractivity contribution < 1.29 is 14.8 Å². The van der Waals surface area contributed by atoms with Crippen LogP contribution in [0.4, 0.5) is 11.4 Å². The number of anilines is 1. The minimum atomic E-state index is -0.312.